The first-order valence-corrected chi connectivity index (χ1v) is 10.5. The third-order valence-corrected chi connectivity index (χ3v) is 6.64. The van der Waals surface area contributed by atoms with Crippen LogP contribution < -0.4 is 5.32 Å². The van der Waals surface area contributed by atoms with Gasteiger partial charge in [0.25, 0.3) is 5.91 Å². The molecule has 5 nitrogen and oxygen atoms in total. The average Bonchev–Trinajstić information content (AvgIpc) is 3.00. The Balaban J connectivity index is 1.90. The van der Waals surface area contributed by atoms with Crippen molar-refractivity contribution in [3.05, 3.63) is 48.2 Å². The van der Waals surface area contributed by atoms with Crippen molar-refractivity contribution >= 4 is 60.2 Å². The summed E-state index contributed by atoms with van der Waals surface area (Å²) in [6, 6.07) is 7.30. The number of fused-ring (bicyclic) bond motifs is 1. The lowest BCUT2D eigenvalue weighted by Crippen LogP contribution is -2.13. The molecule has 0 fully saturated rings. The second kappa shape index (κ2) is 8.26. The normalized spacial score (nSPS) is 13.4. The van der Waals surface area contributed by atoms with Crippen molar-refractivity contribution in [3.8, 4) is 17.9 Å². The third kappa shape index (κ3) is 4.08. The van der Waals surface area contributed by atoms with Crippen LogP contribution in [-0.4, -0.2) is 11.0 Å². The summed E-state index contributed by atoms with van der Waals surface area (Å²) in [7, 11) is 0. The average molecular weight is 507 g/mol. The van der Waals surface area contributed by atoms with Gasteiger partial charge < -0.3 is 10.4 Å². The number of halogens is 2. The highest BCUT2D eigenvalue weighted by molar-refractivity contribution is 9.11. The minimum atomic E-state index is -0.562. The molecule has 8 heteroatoms. The third-order valence-electron chi connectivity index (χ3n) is 4.23. The zero-order valence-electron chi connectivity index (χ0n) is 14.0. The second-order valence-electron chi connectivity index (χ2n) is 5.98. The zero-order valence-corrected chi connectivity index (χ0v) is 18.0. The van der Waals surface area contributed by atoms with E-state index in [1.54, 1.807) is 12.1 Å². The molecule has 136 valence electrons. The highest BCUT2D eigenvalue weighted by Crippen LogP contribution is 2.38. The van der Waals surface area contributed by atoms with E-state index in [9.17, 15) is 20.4 Å². The number of nitrogens with one attached hydrogen (secondary N) is 1. The summed E-state index contributed by atoms with van der Waals surface area (Å²) in [5.74, 6) is -0.522. The molecule has 3 rings (SSSR count). The maximum absolute atomic E-state index is 12.6. The number of hydrogen-bond acceptors (Lipinski definition) is 5. The minimum Gasteiger partial charge on any atom is -0.506 e. The van der Waals surface area contributed by atoms with Gasteiger partial charge in [-0.2, -0.15) is 10.5 Å². The first-order valence-electron chi connectivity index (χ1n) is 8.10. The number of phenols is 1. The molecule has 2 aromatic rings. The van der Waals surface area contributed by atoms with Gasteiger partial charge in [0.1, 0.15) is 28.5 Å². The fraction of sp³-hybridized carbons (Fsp3) is 0.211. The van der Waals surface area contributed by atoms with Crippen LogP contribution in [0.25, 0.3) is 6.08 Å². The number of rotatable bonds is 3. The number of aromatic hydroxyl groups is 1. The monoisotopic (exact) mass is 505 g/mol. The van der Waals surface area contributed by atoms with Gasteiger partial charge in [-0.25, -0.2) is 0 Å². The van der Waals surface area contributed by atoms with Gasteiger partial charge in [-0.15, -0.1) is 11.3 Å². The molecule has 0 radical (unpaired) electrons. The van der Waals surface area contributed by atoms with E-state index in [0.29, 0.717) is 25.1 Å². The van der Waals surface area contributed by atoms with E-state index in [4.69, 9.17) is 0 Å². The van der Waals surface area contributed by atoms with Gasteiger partial charge >= 0.3 is 0 Å². The van der Waals surface area contributed by atoms with Gasteiger partial charge in [0.15, 0.2) is 0 Å². The zero-order chi connectivity index (χ0) is 19.6. The lowest BCUT2D eigenvalue weighted by molar-refractivity contribution is -0.112. The molecular formula is C19H13Br2N3O2S. The number of anilines is 1. The topological polar surface area (TPSA) is 96.9 Å². The molecule has 0 spiro atoms. The Hall–Kier alpha value is -2.13. The summed E-state index contributed by atoms with van der Waals surface area (Å²) in [6.45, 7) is 0. The van der Waals surface area contributed by atoms with Crippen LogP contribution in [0.3, 0.4) is 0 Å². The molecule has 0 saturated heterocycles. The Kier molecular flexibility index (Phi) is 6.01. The molecular weight excluding hydrogens is 494 g/mol. The van der Waals surface area contributed by atoms with E-state index in [0.717, 1.165) is 36.1 Å². The van der Waals surface area contributed by atoms with Crippen LogP contribution in [0, 0.1) is 22.7 Å². The van der Waals surface area contributed by atoms with E-state index in [1.165, 1.54) is 17.4 Å². The molecule has 1 heterocycles. The fourth-order valence-electron chi connectivity index (χ4n) is 2.93. The van der Waals surface area contributed by atoms with Crippen molar-refractivity contribution in [2.45, 2.75) is 25.7 Å². The van der Waals surface area contributed by atoms with Crippen molar-refractivity contribution in [3.63, 3.8) is 0 Å². The molecule has 2 N–H and O–H groups in total. The molecule has 0 atom stereocenters. The lowest BCUT2D eigenvalue weighted by atomic mass is 9.96. The molecule has 0 aliphatic heterocycles. The number of hydrogen-bond donors (Lipinski definition) is 2. The summed E-state index contributed by atoms with van der Waals surface area (Å²) < 4.78 is 0.886. The first kappa shape index (κ1) is 19.6. The smallest absolute Gasteiger partial charge is 0.266 e. The van der Waals surface area contributed by atoms with Crippen molar-refractivity contribution in [2.24, 2.45) is 0 Å². The molecule has 1 aromatic carbocycles. The Morgan fingerprint density at radius 3 is 2.52 bits per heavy atom. The summed E-state index contributed by atoms with van der Waals surface area (Å²) in [5.41, 5.74) is 2.02. The van der Waals surface area contributed by atoms with Crippen LogP contribution in [-0.2, 0) is 17.6 Å². The molecule has 1 aliphatic rings. The van der Waals surface area contributed by atoms with Crippen molar-refractivity contribution in [1.82, 2.24) is 0 Å². The summed E-state index contributed by atoms with van der Waals surface area (Å²) in [5, 5.41) is 31.9. The highest BCUT2D eigenvalue weighted by atomic mass is 79.9. The van der Waals surface area contributed by atoms with E-state index < -0.39 is 5.91 Å². The predicted molar refractivity (Wildman–Crippen MR) is 111 cm³/mol. The molecule has 1 amide bonds. The van der Waals surface area contributed by atoms with Crippen LogP contribution >= 0.6 is 43.2 Å². The Bertz CT molecular complexity index is 1020. The molecule has 0 bridgehead atoms. The van der Waals surface area contributed by atoms with Crippen molar-refractivity contribution in [1.29, 1.82) is 10.5 Å². The quantitative estimate of drug-likeness (QED) is 0.437. The SMILES string of the molecule is N#C/C(=C\c1cc(Br)c(O)c(Br)c1)C(=O)Nc1sc2c(c1C#N)CCCC2. The predicted octanol–water partition coefficient (Wildman–Crippen LogP) is 5.27. The van der Waals surface area contributed by atoms with E-state index >= 15 is 0 Å². The van der Waals surface area contributed by atoms with E-state index in [1.807, 2.05) is 6.07 Å². The van der Waals surface area contributed by atoms with Gasteiger partial charge in [-0.3, -0.25) is 4.79 Å². The maximum Gasteiger partial charge on any atom is 0.266 e. The van der Waals surface area contributed by atoms with Gasteiger partial charge in [0.05, 0.1) is 14.5 Å². The van der Waals surface area contributed by atoms with Crippen molar-refractivity contribution < 1.29 is 9.90 Å². The number of phenolic OH excluding ortho intramolecular Hbond substituents is 1. The Morgan fingerprint density at radius 2 is 1.89 bits per heavy atom. The molecule has 1 aromatic heterocycles. The number of carbonyl (C=O) groups is 1. The van der Waals surface area contributed by atoms with Crippen LogP contribution in [0.15, 0.2) is 26.7 Å². The van der Waals surface area contributed by atoms with Crippen LogP contribution in [0.5, 0.6) is 5.75 Å². The van der Waals surface area contributed by atoms with Gasteiger partial charge in [-0.05, 0) is 86.9 Å². The summed E-state index contributed by atoms with van der Waals surface area (Å²) in [4.78, 5) is 13.7. The van der Waals surface area contributed by atoms with Crippen LogP contribution in [0.2, 0.25) is 0 Å². The lowest BCUT2D eigenvalue weighted by Gasteiger charge is -2.09. The van der Waals surface area contributed by atoms with Gasteiger partial charge in [-0.1, -0.05) is 0 Å². The number of carbonyl (C=O) groups excluding carboxylic acids is 1. The molecule has 0 unspecified atom stereocenters. The number of aryl methyl sites for hydroxylation is 1. The standard InChI is InChI=1S/C19H13Br2N3O2S/c20-14-6-10(7-15(21)17(14)25)5-11(8-22)18(26)24-19-13(9-23)12-3-1-2-4-16(12)27-19/h5-7,25H,1-4H2,(H,24,26)/b11-5+. The number of nitrogens with zero attached hydrogens (tertiary/aromatic N) is 2. The van der Waals surface area contributed by atoms with Crippen molar-refractivity contribution in [2.75, 3.05) is 5.32 Å². The largest absolute Gasteiger partial charge is 0.506 e. The molecule has 1 aliphatic carbocycles. The second-order valence-corrected chi connectivity index (χ2v) is 8.80. The van der Waals surface area contributed by atoms with Gasteiger partial charge in [0, 0.05) is 4.88 Å². The maximum atomic E-state index is 12.6. The Labute approximate surface area is 177 Å². The van der Waals surface area contributed by atoms with Crippen LogP contribution in [0.1, 0.15) is 34.4 Å². The molecule has 0 saturated carbocycles. The first-order chi connectivity index (χ1) is 12.9. The van der Waals surface area contributed by atoms with E-state index in [-0.39, 0.29) is 11.3 Å². The molecule has 27 heavy (non-hydrogen) atoms. The van der Waals surface area contributed by atoms with Gasteiger partial charge in [0.2, 0.25) is 0 Å². The summed E-state index contributed by atoms with van der Waals surface area (Å²) >= 11 is 7.86. The van der Waals surface area contributed by atoms with Crippen LogP contribution in [0.4, 0.5) is 5.00 Å². The number of nitriles is 2. The summed E-state index contributed by atoms with van der Waals surface area (Å²) in [6.07, 6.45) is 5.32. The minimum absolute atomic E-state index is 0.0398. The fourth-order valence-corrected chi connectivity index (χ4v) is 5.38. The number of amides is 1. The number of benzene rings is 1. The number of thiophene rings is 1. The van der Waals surface area contributed by atoms with E-state index in [2.05, 4.69) is 43.2 Å². The Morgan fingerprint density at radius 1 is 1.22 bits per heavy atom. The highest BCUT2D eigenvalue weighted by Gasteiger charge is 2.22.